The van der Waals surface area contributed by atoms with Crippen LogP contribution >= 0.6 is 23.2 Å². The van der Waals surface area contributed by atoms with Gasteiger partial charge in [0.05, 0.1) is 10.0 Å². The van der Waals surface area contributed by atoms with Crippen LogP contribution in [-0.4, -0.2) is 17.1 Å². The number of carbonyl (C=O) groups is 1. The molecule has 0 fully saturated rings. The minimum Gasteiger partial charge on any atom is -0.480 e. The lowest BCUT2D eigenvalue weighted by atomic mass is 10.0. The fraction of sp³-hybridized carbons (Fsp3) is 0.462. The summed E-state index contributed by atoms with van der Waals surface area (Å²) in [6, 6.07) is 4.74. The summed E-state index contributed by atoms with van der Waals surface area (Å²) < 4.78 is 0. The van der Waals surface area contributed by atoms with Crippen molar-refractivity contribution in [3.05, 3.63) is 33.8 Å². The Balaban J connectivity index is 2.61. The van der Waals surface area contributed by atoms with Gasteiger partial charge in [0.25, 0.3) is 0 Å². The van der Waals surface area contributed by atoms with Gasteiger partial charge in [-0.1, -0.05) is 43.1 Å². The van der Waals surface area contributed by atoms with Gasteiger partial charge in [-0.15, -0.1) is 0 Å². The van der Waals surface area contributed by atoms with Crippen LogP contribution in [0.15, 0.2) is 18.2 Å². The molecule has 0 bridgehead atoms. The van der Waals surface area contributed by atoms with Gasteiger partial charge in [-0.05, 0) is 30.0 Å². The maximum Gasteiger partial charge on any atom is 0.320 e. The van der Waals surface area contributed by atoms with Crippen molar-refractivity contribution in [3.63, 3.8) is 0 Å². The monoisotopic (exact) mass is 289 g/mol. The zero-order valence-corrected chi connectivity index (χ0v) is 11.9. The number of aliphatic carboxylic acids is 1. The third-order valence-electron chi connectivity index (χ3n) is 2.54. The maximum absolute atomic E-state index is 11.1. The zero-order chi connectivity index (χ0) is 13.7. The van der Waals surface area contributed by atoms with Gasteiger partial charge >= 0.3 is 5.97 Å². The molecule has 0 aliphatic heterocycles. The van der Waals surface area contributed by atoms with Crippen LogP contribution in [0.2, 0.25) is 10.0 Å². The van der Waals surface area contributed by atoms with E-state index in [2.05, 4.69) is 5.32 Å². The number of hydrogen-bond donors (Lipinski definition) is 2. The van der Waals surface area contributed by atoms with E-state index in [0.717, 1.165) is 5.56 Å². The number of hydrogen-bond acceptors (Lipinski definition) is 2. The molecule has 1 rings (SSSR count). The Labute approximate surface area is 117 Å². The molecular weight excluding hydrogens is 273 g/mol. The van der Waals surface area contributed by atoms with Crippen molar-refractivity contribution in [2.45, 2.75) is 32.9 Å². The molecule has 1 aromatic rings. The van der Waals surface area contributed by atoms with Gasteiger partial charge in [0.15, 0.2) is 0 Å². The summed E-state index contributed by atoms with van der Waals surface area (Å²) in [5.41, 5.74) is 0.916. The van der Waals surface area contributed by atoms with Crippen LogP contribution in [0.25, 0.3) is 0 Å². The quantitative estimate of drug-likeness (QED) is 0.842. The van der Waals surface area contributed by atoms with Crippen LogP contribution in [0.3, 0.4) is 0 Å². The summed E-state index contributed by atoms with van der Waals surface area (Å²) in [5.74, 6) is -0.504. The minimum absolute atomic E-state index is 0.326. The third kappa shape index (κ3) is 4.84. The number of carboxylic acids is 1. The zero-order valence-electron chi connectivity index (χ0n) is 10.4. The van der Waals surface area contributed by atoms with Crippen molar-refractivity contribution in [1.29, 1.82) is 0 Å². The van der Waals surface area contributed by atoms with Crippen molar-refractivity contribution in [2.75, 3.05) is 0 Å². The van der Waals surface area contributed by atoms with Gasteiger partial charge in [0.1, 0.15) is 6.04 Å². The SMILES string of the molecule is CC(C)CC(NCc1ccc(Cl)c(Cl)c1)C(=O)O. The standard InChI is InChI=1S/C13H17Cl2NO2/c1-8(2)5-12(13(17)18)16-7-9-3-4-10(14)11(15)6-9/h3-4,6,8,12,16H,5,7H2,1-2H3,(H,17,18). The van der Waals surface area contributed by atoms with Crippen LogP contribution in [0.1, 0.15) is 25.8 Å². The second-order valence-corrected chi connectivity index (χ2v) is 5.46. The molecule has 0 aliphatic carbocycles. The molecule has 0 saturated carbocycles. The Morgan fingerprint density at radius 2 is 2.00 bits per heavy atom. The van der Waals surface area contributed by atoms with Gasteiger partial charge in [0, 0.05) is 6.54 Å². The molecule has 0 saturated heterocycles. The number of rotatable bonds is 6. The van der Waals surface area contributed by atoms with E-state index in [1.54, 1.807) is 12.1 Å². The molecular formula is C13H17Cl2NO2. The second-order valence-electron chi connectivity index (χ2n) is 4.65. The van der Waals surface area contributed by atoms with Crippen molar-refractivity contribution in [3.8, 4) is 0 Å². The summed E-state index contributed by atoms with van der Waals surface area (Å²) >= 11 is 11.7. The van der Waals surface area contributed by atoms with Crippen LogP contribution in [0.5, 0.6) is 0 Å². The number of benzene rings is 1. The summed E-state index contributed by atoms with van der Waals surface area (Å²) in [4.78, 5) is 11.1. The lowest BCUT2D eigenvalue weighted by Crippen LogP contribution is -2.37. The number of carboxylic acid groups (broad SMARTS) is 1. The number of halogens is 2. The van der Waals surface area contributed by atoms with Gasteiger partial charge in [-0.3, -0.25) is 4.79 Å². The first-order valence-corrected chi connectivity index (χ1v) is 6.56. The van der Waals surface area contributed by atoms with Gasteiger partial charge < -0.3 is 10.4 Å². The first kappa shape index (κ1) is 15.3. The van der Waals surface area contributed by atoms with Crippen molar-refractivity contribution in [2.24, 2.45) is 5.92 Å². The van der Waals surface area contributed by atoms with E-state index in [0.29, 0.717) is 28.9 Å². The van der Waals surface area contributed by atoms with E-state index in [9.17, 15) is 4.79 Å². The molecule has 3 nitrogen and oxygen atoms in total. The van der Waals surface area contributed by atoms with Gasteiger partial charge in [0.2, 0.25) is 0 Å². The van der Waals surface area contributed by atoms with E-state index in [1.165, 1.54) is 0 Å². The molecule has 0 aliphatic rings. The topological polar surface area (TPSA) is 49.3 Å². The van der Waals surface area contributed by atoms with E-state index in [-0.39, 0.29) is 0 Å². The molecule has 0 amide bonds. The molecule has 1 aromatic carbocycles. The summed E-state index contributed by atoms with van der Waals surface area (Å²) in [6.45, 7) is 4.45. The molecule has 5 heteroatoms. The molecule has 0 spiro atoms. The molecule has 1 atom stereocenters. The first-order valence-electron chi connectivity index (χ1n) is 5.80. The predicted octanol–water partition coefficient (Wildman–Crippen LogP) is 3.58. The third-order valence-corrected chi connectivity index (χ3v) is 3.28. The average molecular weight is 290 g/mol. The number of nitrogens with one attached hydrogen (secondary N) is 1. The lowest BCUT2D eigenvalue weighted by molar-refractivity contribution is -0.140. The fourth-order valence-corrected chi connectivity index (χ4v) is 1.95. The van der Waals surface area contributed by atoms with Gasteiger partial charge in [-0.25, -0.2) is 0 Å². The highest BCUT2D eigenvalue weighted by atomic mass is 35.5. The largest absolute Gasteiger partial charge is 0.480 e. The van der Waals surface area contributed by atoms with Crippen LogP contribution in [0.4, 0.5) is 0 Å². The summed E-state index contributed by atoms with van der Waals surface area (Å²) in [5, 5.41) is 13.1. The molecule has 100 valence electrons. The van der Waals surface area contributed by atoms with Crippen molar-refractivity contribution >= 4 is 29.2 Å². The van der Waals surface area contributed by atoms with Gasteiger partial charge in [-0.2, -0.15) is 0 Å². The smallest absolute Gasteiger partial charge is 0.320 e. The minimum atomic E-state index is -0.830. The normalized spacial score (nSPS) is 12.7. The lowest BCUT2D eigenvalue weighted by Gasteiger charge is -2.16. The van der Waals surface area contributed by atoms with Crippen molar-refractivity contribution in [1.82, 2.24) is 5.32 Å². The van der Waals surface area contributed by atoms with E-state index in [1.807, 2.05) is 19.9 Å². The molecule has 18 heavy (non-hydrogen) atoms. The van der Waals surface area contributed by atoms with E-state index < -0.39 is 12.0 Å². The highest BCUT2D eigenvalue weighted by Crippen LogP contribution is 2.22. The van der Waals surface area contributed by atoms with Crippen LogP contribution < -0.4 is 5.32 Å². The molecule has 0 aromatic heterocycles. The van der Waals surface area contributed by atoms with Crippen LogP contribution in [-0.2, 0) is 11.3 Å². The van der Waals surface area contributed by atoms with Crippen LogP contribution in [0, 0.1) is 5.92 Å². The predicted molar refractivity (Wildman–Crippen MR) is 74.2 cm³/mol. The Hall–Kier alpha value is -0.770. The highest BCUT2D eigenvalue weighted by Gasteiger charge is 2.17. The maximum atomic E-state index is 11.1. The molecule has 1 unspecified atom stereocenters. The Bertz CT molecular complexity index is 421. The molecule has 2 N–H and O–H groups in total. The Morgan fingerprint density at radius 1 is 1.33 bits per heavy atom. The van der Waals surface area contributed by atoms with E-state index >= 15 is 0 Å². The second kappa shape index (κ2) is 6.98. The van der Waals surface area contributed by atoms with E-state index in [4.69, 9.17) is 28.3 Å². The average Bonchev–Trinajstić information content (AvgIpc) is 2.28. The molecule has 0 heterocycles. The first-order chi connectivity index (χ1) is 8.40. The Morgan fingerprint density at radius 3 is 2.50 bits per heavy atom. The highest BCUT2D eigenvalue weighted by molar-refractivity contribution is 6.42. The summed E-state index contributed by atoms with van der Waals surface area (Å²) in [6.07, 6.45) is 0.594. The summed E-state index contributed by atoms with van der Waals surface area (Å²) in [7, 11) is 0. The van der Waals surface area contributed by atoms with Crippen molar-refractivity contribution < 1.29 is 9.90 Å². The Kier molecular flexibility index (Phi) is 5.93. The molecule has 0 radical (unpaired) electrons. The fourth-order valence-electron chi connectivity index (χ4n) is 1.63.